The first-order valence-corrected chi connectivity index (χ1v) is 10.9. The molecule has 0 radical (unpaired) electrons. The molecular formula is C17H19F3N2O4S2. The highest BCUT2D eigenvalue weighted by Gasteiger charge is 2.33. The van der Waals surface area contributed by atoms with Crippen molar-refractivity contribution >= 4 is 38.8 Å². The maximum Gasteiger partial charge on any atom is 0.414 e. The lowest BCUT2D eigenvalue weighted by Gasteiger charge is -2.23. The number of carbonyl (C=O) groups excluding carboxylic acids is 1. The normalized spacial score (nSPS) is 22.4. The van der Waals surface area contributed by atoms with Gasteiger partial charge in [0, 0.05) is 0 Å². The SMILES string of the molecule is O=C1OC(CNC(=S)C(F)F)CN1c1ccc(C2CCS(=O)(=O)CC2)c(F)c1. The molecule has 1 N–H and O–H groups in total. The van der Waals surface area contributed by atoms with E-state index in [9.17, 15) is 26.4 Å². The molecule has 0 saturated carbocycles. The van der Waals surface area contributed by atoms with E-state index >= 15 is 0 Å². The van der Waals surface area contributed by atoms with E-state index in [4.69, 9.17) is 4.74 Å². The average Bonchev–Trinajstić information content (AvgIpc) is 3.00. The Morgan fingerprint density at radius 1 is 1.32 bits per heavy atom. The molecular weight excluding hydrogens is 417 g/mol. The molecule has 2 saturated heterocycles. The number of rotatable bonds is 5. The van der Waals surface area contributed by atoms with Gasteiger partial charge in [-0.05, 0) is 36.5 Å². The first-order valence-electron chi connectivity index (χ1n) is 8.70. The van der Waals surface area contributed by atoms with Crippen molar-refractivity contribution in [1.82, 2.24) is 5.32 Å². The molecule has 28 heavy (non-hydrogen) atoms. The summed E-state index contributed by atoms with van der Waals surface area (Å²) in [6.45, 7) is 0.000665. The summed E-state index contributed by atoms with van der Waals surface area (Å²) in [5, 5.41) is 2.34. The number of hydrogen-bond acceptors (Lipinski definition) is 5. The molecule has 6 nitrogen and oxygen atoms in total. The van der Waals surface area contributed by atoms with Crippen LogP contribution in [-0.4, -0.2) is 56.6 Å². The largest absolute Gasteiger partial charge is 0.442 e. The number of nitrogens with one attached hydrogen (secondary N) is 1. The van der Waals surface area contributed by atoms with Crippen molar-refractivity contribution in [3.8, 4) is 0 Å². The quantitative estimate of drug-likeness (QED) is 0.716. The summed E-state index contributed by atoms with van der Waals surface area (Å²) in [6, 6.07) is 4.33. The minimum Gasteiger partial charge on any atom is -0.442 e. The Morgan fingerprint density at radius 3 is 2.61 bits per heavy atom. The number of hydrogen-bond donors (Lipinski definition) is 1. The third-order valence-electron chi connectivity index (χ3n) is 4.87. The first-order chi connectivity index (χ1) is 13.2. The Morgan fingerprint density at radius 2 is 2.00 bits per heavy atom. The van der Waals surface area contributed by atoms with Gasteiger partial charge in [0.2, 0.25) is 0 Å². The van der Waals surface area contributed by atoms with E-state index in [1.54, 1.807) is 12.1 Å². The third kappa shape index (κ3) is 4.75. The van der Waals surface area contributed by atoms with Gasteiger partial charge >= 0.3 is 6.09 Å². The summed E-state index contributed by atoms with van der Waals surface area (Å²) in [5.74, 6) is -0.635. The number of alkyl halides is 2. The van der Waals surface area contributed by atoms with Gasteiger partial charge in [-0.25, -0.2) is 26.4 Å². The fourth-order valence-electron chi connectivity index (χ4n) is 3.35. The predicted molar refractivity (Wildman–Crippen MR) is 101 cm³/mol. The van der Waals surface area contributed by atoms with E-state index in [0.29, 0.717) is 18.4 Å². The van der Waals surface area contributed by atoms with Crippen LogP contribution >= 0.6 is 12.2 Å². The summed E-state index contributed by atoms with van der Waals surface area (Å²) in [7, 11) is -3.04. The van der Waals surface area contributed by atoms with Crippen LogP contribution in [0.3, 0.4) is 0 Å². The van der Waals surface area contributed by atoms with Crippen LogP contribution < -0.4 is 10.2 Å². The second-order valence-electron chi connectivity index (χ2n) is 6.79. The minimum absolute atomic E-state index is 0.0342. The van der Waals surface area contributed by atoms with Crippen LogP contribution in [0.2, 0.25) is 0 Å². The van der Waals surface area contributed by atoms with Gasteiger partial charge in [-0.1, -0.05) is 18.3 Å². The number of cyclic esters (lactones) is 1. The molecule has 11 heteroatoms. The van der Waals surface area contributed by atoms with Crippen molar-refractivity contribution in [2.24, 2.45) is 0 Å². The van der Waals surface area contributed by atoms with Crippen molar-refractivity contribution in [1.29, 1.82) is 0 Å². The third-order valence-corrected chi connectivity index (χ3v) is 6.90. The zero-order valence-electron chi connectivity index (χ0n) is 14.7. The zero-order chi connectivity index (χ0) is 20.5. The Hall–Kier alpha value is -1.88. The van der Waals surface area contributed by atoms with Gasteiger partial charge in [0.15, 0.2) is 0 Å². The highest BCUT2D eigenvalue weighted by molar-refractivity contribution is 7.91. The molecule has 1 aromatic carbocycles. The standard InChI is InChI=1S/C17H19F3N2O4S2/c18-14-7-11(1-2-13(14)10-3-5-28(24,25)6-4-10)22-9-12(26-17(22)23)8-21-16(27)15(19)20/h1-2,7,10,12,15H,3-6,8-9H2,(H,21,27). The first kappa shape index (κ1) is 20.8. The van der Waals surface area contributed by atoms with Crippen molar-refractivity contribution in [2.75, 3.05) is 29.5 Å². The lowest BCUT2D eigenvalue weighted by Crippen LogP contribution is -2.36. The summed E-state index contributed by atoms with van der Waals surface area (Å²) >= 11 is 4.47. The molecule has 2 heterocycles. The molecule has 1 atom stereocenters. The number of anilines is 1. The van der Waals surface area contributed by atoms with Crippen molar-refractivity contribution in [3.05, 3.63) is 29.6 Å². The van der Waals surface area contributed by atoms with E-state index in [1.807, 2.05) is 0 Å². The van der Waals surface area contributed by atoms with Gasteiger partial charge in [-0.15, -0.1) is 0 Å². The molecule has 1 amide bonds. The van der Waals surface area contributed by atoms with Gasteiger partial charge in [0.1, 0.15) is 26.7 Å². The number of benzene rings is 1. The Bertz CT molecular complexity index is 865. The average molecular weight is 436 g/mol. The van der Waals surface area contributed by atoms with Crippen LogP contribution in [0.25, 0.3) is 0 Å². The fourth-order valence-corrected chi connectivity index (χ4v) is 4.92. The smallest absolute Gasteiger partial charge is 0.414 e. The summed E-state index contributed by atoms with van der Waals surface area (Å²) < 4.78 is 67.6. The molecule has 1 aromatic rings. The van der Waals surface area contributed by atoms with E-state index in [2.05, 4.69) is 17.5 Å². The molecule has 2 aliphatic heterocycles. The van der Waals surface area contributed by atoms with Gasteiger partial charge in [-0.3, -0.25) is 4.90 Å². The molecule has 2 aliphatic rings. The number of sulfone groups is 1. The Balaban J connectivity index is 1.65. The van der Waals surface area contributed by atoms with Crippen LogP contribution in [0.1, 0.15) is 24.3 Å². The Kier molecular flexibility index (Phi) is 6.13. The highest BCUT2D eigenvalue weighted by Crippen LogP contribution is 2.33. The van der Waals surface area contributed by atoms with Crippen LogP contribution in [0, 0.1) is 5.82 Å². The van der Waals surface area contributed by atoms with E-state index < -0.39 is 39.3 Å². The van der Waals surface area contributed by atoms with Gasteiger partial charge in [-0.2, -0.15) is 0 Å². The van der Waals surface area contributed by atoms with Crippen molar-refractivity contribution in [3.63, 3.8) is 0 Å². The van der Waals surface area contributed by atoms with Gasteiger partial charge < -0.3 is 10.1 Å². The maximum absolute atomic E-state index is 14.6. The lowest BCUT2D eigenvalue weighted by molar-refractivity contribution is 0.142. The van der Waals surface area contributed by atoms with Crippen LogP contribution in [0.4, 0.5) is 23.7 Å². The summed E-state index contributed by atoms with van der Waals surface area (Å²) in [5.41, 5.74) is 0.709. The number of thiocarbonyl (C=S) groups is 1. The predicted octanol–water partition coefficient (Wildman–Crippen LogP) is 2.63. The maximum atomic E-state index is 14.6. The van der Waals surface area contributed by atoms with Crippen LogP contribution in [0.15, 0.2) is 18.2 Å². The van der Waals surface area contributed by atoms with E-state index in [0.717, 1.165) is 0 Å². The molecule has 2 fully saturated rings. The zero-order valence-corrected chi connectivity index (χ0v) is 16.4. The number of nitrogens with zero attached hydrogens (tertiary/aromatic N) is 1. The van der Waals surface area contributed by atoms with Gasteiger partial charge in [0.05, 0.1) is 30.3 Å². The molecule has 0 bridgehead atoms. The number of carbonyl (C=O) groups is 1. The summed E-state index contributed by atoms with van der Waals surface area (Å²) in [4.78, 5) is 12.6. The second kappa shape index (κ2) is 8.24. The molecule has 3 rings (SSSR count). The van der Waals surface area contributed by atoms with Crippen LogP contribution in [-0.2, 0) is 14.6 Å². The van der Waals surface area contributed by atoms with Crippen LogP contribution in [0.5, 0.6) is 0 Å². The van der Waals surface area contributed by atoms with E-state index in [1.165, 1.54) is 11.0 Å². The Labute approximate surface area is 165 Å². The second-order valence-corrected chi connectivity index (χ2v) is 9.54. The number of amides is 1. The summed E-state index contributed by atoms with van der Waals surface area (Å²) in [6.07, 6.45) is -3.47. The lowest BCUT2D eigenvalue weighted by atomic mass is 9.93. The van der Waals surface area contributed by atoms with Crippen molar-refractivity contribution < 1.29 is 31.1 Å². The topological polar surface area (TPSA) is 75.7 Å². The minimum atomic E-state index is -3.04. The highest BCUT2D eigenvalue weighted by atomic mass is 32.2. The monoisotopic (exact) mass is 436 g/mol. The number of halogens is 3. The molecule has 0 aromatic heterocycles. The number of ether oxygens (including phenoxy) is 1. The van der Waals surface area contributed by atoms with Crippen molar-refractivity contribution in [2.45, 2.75) is 31.3 Å². The molecule has 0 spiro atoms. The molecule has 1 unspecified atom stereocenters. The van der Waals surface area contributed by atoms with Gasteiger partial charge in [0.25, 0.3) is 6.43 Å². The fraction of sp³-hybridized carbons (Fsp3) is 0.529. The van der Waals surface area contributed by atoms with E-state index in [-0.39, 0.29) is 36.2 Å². The molecule has 154 valence electrons. The molecule has 0 aliphatic carbocycles.